The second-order valence-corrected chi connectivity index (χ2v) is 6.22. The highest BCUT2D eigenvalue weighted by atomic mass is 16.5. The van der Waals surface area contributed by atoms with Crippen LogP contribution in [-0.4, -0.2) is 36.3 Å². The van der Waals surface area contributed by atoms with Crippen LogP contribution in [0.4, 0.5) is 10.5 Å². The number of carbonyl (C=O) groups excluding carboxylic acids is 1. The van der Waals surface area contributed by atoms with Crippen molar-refractivity contribution < 1.29 is 14.6 Å². The van der Waals surface area contributed by atoms with Crippen molar-refractivity contribution in [2.45, 2.75) is 25.8 Å². The summed E-state index contributed by atoms with van der Waals surface area (Å²) in [6, 6.07) is 13.5. The van der Waals surface area contributed by atoms with Gasteiger partial charge in [-0.3, -0.25) is 0 Å². The molecule has 0 spiro atoms. The molecule has 0 aromatic heterocycles. The molecule has 0 heterocycles. The van der Waals surface area contributed by atoms with E-state index in [1.807, 2.05) is 30.3 Å². The zero-order valence-electron chi connectivity index (χ0n) is 14.5. The van der Waals surface area contributed by atoms with Crippen molar-refractivity contribution in [3.05, 3.63) is 59.2 Å². The van der Waals surface area contributed by atoms with Crippen molar-refractivity contribution in [1.82, 2.24) is 4.90 Å². The summed E-state index contributed by atoms with van der Waals surface area (Å²) in [6.45, 7) is 0.545. The summed E-state index contributed by atoms with van der Waals surface area (Å²) >= 11 is 0. The van der Waals surface area contributed by atoms with Crippen LogP contribution >= 0.6 is 0 Å². The predicted molar refractivity (Wildman–Crippen MR) is 98.0 cm³/mol. The number of anilines is 1. The molecule has 3 rings (SSSR count). The smallest absolute Gasteiger partial charge is 0.322 e. The standard InChI is InChI=1S/C20H24N2O3/c1-25-19-8-3-2-5-17(19)14-22(11-12-23)20(24)21-18-10-9-15-6-4-7-16(15)13-18/h2-3,5,8-10,13,23H,4,6-7,11-12,14H2,1H3,(H,21,24). The molecular formula is C20H24N2O3. The van der Waals surface area contributed by atoms with Gasteiger partial charge in [0.2, 0.25) is 0 Å². The van der Waals surface area contributed by atoms with E-state index in [0.29, 0.717) is 6.54 Å². The number of benzene rings is 2. The third-order valence-corrected chi connectivity index (χ3v) is 4.56. The number of rotatable bonds is 6. The molecule has 2 aromatic rings. The summed E-state index contributed by atoms with van der Waals surface area (Å²) in [5, 5.41) is 12.3. The molecule has 1 aliphatic carbocycles. The van der Waals surface area contributed by atoms with Gasteiger partial charge in [-0.05, 0) is 48.6 Å². The van der Waals surface area contributed by atoms with Crippen LogP contribution in [0.5, 0.6) is 5.75 Å². The first-order valence-corrected chi connectivity index (χ1v) is 8.61. The van der Waals surface area contributed by atoms with Crippen molar-refractivity contribution in [2.24, 2.45) is 0 Å². The van der Waals surface area contributed by atoms with Gasteiger partial charge in [-0.1, -0.05) is 24.3 Å². The van der Waals surface area contributed by atoms with Gasteiger partial charge in [-0.25, -0.2) is 4.79 Å². The molecule has 2 N–H and O–H groups in total. The van der Waals surface area contributed by atoms with E-state index in [1.165, 1.54) is 17.5 Å². The number of fused-ring (bicyclic) bond motifs is 1. The van der Waals surface area contributed by atoms with Crippen LogP contribution in [0.15, 0.2) is 42.5 Å². The SMILES string of the molecule is COc1ccccc1CN(CCO)C(=O)Nc1ccc2c(c1)CCC2. The molecule has 0 atom stereocenters. The first kappa shape index (κ1) is 17.3. The van der Waals surface area contributed by atoms with Crippen LogP contribution in [0.2, 0.25) is 0 Å². The number of amides is 2. The number of urea groups is 1. The van der Waals surface area contributed by atoms with E-state index in [9.17, 15) is 9.90 Å². The number of nitrogens with zero attached hydrogens (tertiary/aromatic N) is 1. The monoisotopic (exact) mass is 340 g/mol. The summed E-state index contributed by atoms with van der Waals surface area (Å²) in [7, 11) is 1.61. The van der Waals surface area contributed by atoms with Crippen LogP contribution in [0.3, 0.4) is 0 Å². The van der Waals surface area contributed by atoms with Crippen molar-refractivity contribution in [1.29, 1.82) is 0 Å². The quantitative estimate of drug-likeness (QED) is 0.849. The highest BCUT2D eigenvalue weighted by Gasteiger charge is 2.17. The van der Waals surface area contributed by atoms with Crippen LogP contribution in [0, 0.1) is 0 Å². The number of para-hydroxylation sites is 1. The molecule has 5 heteroatoms. The van der Waals surface area contributed by atoms with Gasteiger partial charge in [0.25, 0.3) is 0 Å². The van der Waals surface area contributed by atoms with E-state index in [-0.39, 0.29) is 19.2 Å². The van der Waals surface area contributed by atoms with E-state index >= 15 is 0 Å². The second kappa shape index (κ2) is 8.03. The molecule has 2 amide bonds. The number of aryl methyl sites for hydroxylation is 2. The maximum atomic E-state index is 12.7. The van der Waals surface area contributed by atoms with Gasteiger partial charge in [-0.15, -0.1) is 0 Å². The lowest BCUT2D eigenvalue weighted by atomic mass is 10.1. The van der Waals surface area contributed by atoms with Crippen LogP contribution < -0.4 is 10.1 Å². The van der Waals surface area contributed by atoms with Gasteiger partial charge in [-0.2, -0.15) is 0 Å². The molecular weight excluding hydrogens is 316 g/mol. The maximum absolute atomic E-state index is 12.7. The molecule has 0 aliphatic heterocycles. The Hall–Kier alpha value is -2.53. The lowest BCUT2D eigenvalue weighted by molar-refractivity contribution is 0.184. The van der Waals surface area contributed by atoms with E-state index in [1.54, 1.807) is 12.0 Å². The van der Waals surface area contributed by atoms with Gasteiger partial charge < -0.3 is 20.1 Å². The van der Waals surface area contributed by atoms with Crippen LogP contribution in [-0.2, 0) is 19.4 Å². The van der Waals surface area contributed by atoms with Gasteiger partial charge in [0.15, 0.2) is 0 Å². The number of ether oxygens (including phenoxy) is 1. The molecule has 2 aromatic carbocycles. The topological polar surface area (TPSA) is 61.8 Å². The fourth-order valence-electron chi connectivity index (χ4n) is 3.26. The molecule has 0 unspecified atom stereocenters. The Morgan fingerprint density at radius 3 is 2.80 bits per heavy atom. The third kappa shape index (κ3) is 4.12. The van der Waals surface area contributed by atoms with Crippen LogP contribution in [0.1, 0.15) is 23.1 Å². The number of methoxy groups -OCH3 is 1. The summed E-state index contributed by atoms with van der Waals surface area (Å²) in [5.74, 6) is 0.732. The van der Waals surface area contributed by atoms with E-state index in [0.717, 1.165) is 29.8 Å². The van der Waals surface area contributed by atoms with E-state index in [4.69, 9.17) is 4.74 Å². The summed E-state index contributed by atoms with van der Waals surface area (Å²) < 4.78 is 5.35. The molecule has 25 heavy (non-hydrogen) atoms. The van der Waals surface area contributed by atoms with Crippen molar-refractivity contribution in [3.63, 3.8) is 0 Å². The van der Waals surface area contributed by atoms with E-state index in [2.05, 4.69) is 17.4 Å². The Kier molecular flexibility index (Phi) is 5.56. The molecule has 5 nitrogen and oxygen atoms in total. The van der Waals surface area contributed by atoms with E-state index < -0.39 is 0 Å². The number of aliphatic hydroxyl groups is 1. The highest BCUT2D eigenvalue weighted by Crippen LogP contribution is 2.25. The first-order valence-electron chi connectivity index (χ1n) is 8.61. The molecule has 0 saturated carbocycles. The Morgan fingerprint density at radius 2 is 2.00 bits per heavy atom. The van der Waals surface area contributed by atoms with Crippen LogP contribution in [0.25, 0.3) is 0 Å². The summed E-state index contributed by atoms with van der Waals surface area (Å²) in [5.41, 5.74) is 4.40. The minimum absolute atomic E-state index is 0.0905. The third-order valence-electron chi connectivity index (χ3n) is 4.56. The second-order valence-electron chi connectivity index (χ2n) is 6.22. The predicted octanol–water partition coefficient (Wildman–Crippen LogP) is 3.21. The lowest BCUT2D eigenvalue weighted by Crippen LogP contribution is -2.36. The van der Waals surface area contributed by atoms with Gasteiger partial charge in [0.1, 0.15) is 5.75 Å². The molecule has 1 aliphatic rings. The molecule has 0 bridgehead atoms. The zero-order valence-corrected chi connectivity index (χ0v) is 14.5. The molecule has 0 saturated heterocycles. The van der Waals surface area contributed by atoms with Gasteiger partial charge in [0.05, 0.1) is 20.3 Å². The molecule has 0 fully saturated rings. The number of hydrogen-bond acceptors (Lipinski definition) is 3. The average Bonchev–Trinajstić information content (AvgIpc) is 3.09. The largest absolute Gasteiger partial charge is 0.496 e. The minimum Gasteiger partial charge on any atom is -0.496 e. The maximum Gasteiger partial charge on any atom is 0.322 e. The normalized spacial score (nSPS) is 12.6. The van der Waals surface area contributed by atoms with Crippen molar-refractivity contribution >= 4 is 11.7 Å². The lowest BCUT2D eigenvalue weighted by Gasteiger charge is -2.23. The Balaban J connectivity index is 1.72. The van der Waals surface area contributed by atoms with Crippen molar-refractivity contribution in [3.8, 4) is 5.75 Å². The summed E-state index contributed by atoms with van der Waals surface area (Å²) in [6.07, 6.45) is 3.37. The minimum atomic E-state index is -0.224. The highest BCUT2D eigenvalue weighted by molar-refractivity contribution is 5.89. The van der Waals surface area contributed by atoms with Crippen molar-refractivity contribution in [2.75, 3.05) is 25.6 Å². The van der Waals surface area contributed by atoms with Gasteiger partial charge in [0, 0.05) is 17.8 Å². The number of carbonyl (C=O) groups is 1. The Labute approximate surface area is 148 Å². The molecule has 0 radical (unpaired) electrons. The first-order chi connectivity index (χ1) is 12.2. The fraction of sp³-hybridized carbons (Fsp3) is 0.350. The number of hydrogen-bond donors (Lipinski definition) is 2. The number of aliphatic hydroxyl groups excluding tert-OH is 1. The average molecular weight is 340 g/mol. The Bertz CT molecular complexity index is 745. The summed E-state index contributed by atoms with van der Waals surface area (Å²) in [4.78, 5) is 14.3. The van der Waals surface area contributed by atoms with Gasteiger partial charge >= 0.3 is 6.03 Å². The Morgan fingerprint density at radius 1 is 1.20 bits per heavy atom. The number of nitrogens with one attached hydrogen (secondary N) is 1. The zero-order chi connectivity index (χ0) is 17.6. The molecule has 132 valence electrons. The fourth-order valence-corrected chi connectivity index (χ4v) is 3.26.